The van der Waals surface area contributed by atoms with E-state index in [4.69, 9.17) is 23.6 Å². The van der Waals surface area contributed by atoms with E-state index in [2.05, 4.69) is 28.5 Å². The van der Waals surface area contributed by atoms with Gasteiger partial charge in [-0.2, -0.15) is 13.2 Å². The summed E-state index contributed by atoms with van der Waals surface area (Å²) in [5.74, 6) is 0. The maximum absolute atomic E-state index is 12.1. The number of aryl methyl sites for hydroxylation is 2. The van der Waals surface area contributed by atoms with Gasteiger partial charge in [0.2, 0.25) is 0 Å². The van der Waals surface area contributed by atoms with Gasteiger partial charge in [-0.1, -0.05) is 12.1 Å². The molecule has 1 aromatic carbocycles. The Balaban J connectivity index is 0.000000255. The molecule has 0 radical (unpaired) electrons. The fourth-order valence-corrected chi connectivity index (χ4v) is 2.11. The zero-order chi connectivity index (χ0) is 16.9. The summed E-state index contributed by atoms with van der Waals surface area (Å²) in [6, 6.07) is 4.65. The molecule has 22 heavy (non-hydrogen) atoms. The Morgan fingerprint density at radius 3 is 1.77 bits per heavy atom. The van der Waals surface area contributed by atoms with Crippen molar-refractivity contribution in [2.45, 2.75) is 12.7 Å². The smallest absolute Gasteiger partial charge is 0.166 e. The van der Waals surface area contributed by atoms with Crippen LogP contribution in [0.1, 0.15) is 11.1 Å². The number of hydrogen-bond donors (Lipinski definition) is 0. The molecule has 1 aromatic heterocycles. The number of rotatable bonds is 2. The number of hydrogen-bond acceptors (Lipinski definition) is 1. The van der Waals surface area contributed by atoms with Gasteiger partial charge in [-0.15, -0.1) is 3.94 Å². The third-order valence-electron chi connectivity index (χ3n) is 2.64. The second-order valence-electron chi connectivity index (χ2n) is 4.42. The van der Waals surface area contributed by atoms with Crippen molar-refractivity contribution >= 4 is 23.6 Å². The van der Waals surface area contributed by atoms with Crippen LogP contribution < -0.4 is 0 Å². The van der Waals surface area contributed by atoms with E-state index in [-0.39, 0.29) is 6.54 Å². The molecule has 126 valence electrons. The van der Waals surface area contributed by atoms with Gasteiger partial charge in [0, 0.05) is 0 Å². The number of nitrogens with zero attached hydrogens (tertiary/aromatic N) is 3. The summed E-state index contributed by atoms with van der Waals surface area (Å²) >= 11 is 12.9. The van der Waals surface area contributed by atoms with Crippen molar-refractivity contribution in [1.82, 2.24) is 13.1 Å². The van der Waals surface area contributed by atoms with Gasteiger partial charge in [0.1, 0.15) is 0 Å². The fraction of sp³-hybridized carbons (Fsp3) is 0.308. The average Bonchev–Trinajstić information content (AvgIpc) is 2.70. The molecule has 0 N–H and O–H groups in total. The summed E-state index contributed by atoms with van der Waals surface area (Å²) in [6.45, 7) is 0.182. The number of imidazole rings is 1. The molecule has 0 aliphatic carbocycles. The second-order valence-corrected chi connectivity index (χ2v) is 6.42. The van der Waals surface area contributed by atoms with Crippen LogP contribution in [0.2, 0.25) is 0 Å². The third kappa shape index (κ3) is 6.29. The van der Waals surface area contributed by atoms with Crippen molar-refractivity contribution < 1.29 is 32.5 Å². The summed E-state index contributed by atoms with van der Waals surface area (Å²) in [7, 11) is 4.06. The Bertz CT molecular complexity index is 625. The molecule has 0 unspecified atom stereocenters. The SMILES string of the molecule is Cn1ccn(C)[c]1=[Pt].FC(F)(F)c1ccc(CN(Cl)Cl)cc1. The zero-order valence-corrected chi connectivity index (χ0v) is 15.5. The topological polar surface area (TPSA) is 13.1 Å². The Labute approximate surface area is 147 Å². The van der Waals surface area contributed by atoms with Gasteiger partial charge in [-0.3, -0.25) is 0 Å². The minimum atomic E-state index is -4.31. The second kappa shape index (κ2) is 8.34. The molecule has 0 spiro atoms. The van der Waals surface area contributed by atoms with Crippen LogP contribution in [-0.2, 0) is 46.2 Å². The van der Waals surface area contributed by atoms with E-state index in [1.165, 1.54) is 15.9 Å². The Kier molecular flexibility index (Phi) is 7.39. The summed E-state index contributed by atoms with van der Waals surface area (Å²) in [6.07, 6.45) is -0.245. The Hall–Kier alpha value is -0.552. The van der Waals surface area contributed by atoms with Crippen molar-refractivity contribution in [1.29, 1.82) is 0 Å². The van der Waals surface area contributed by atoms with E-state index < -0.39 is 11.7 Å². The quantitative estimate of drug-likeness (QED) is 0.525. The van der Waals surface area contributed by atoms with Gasteiger partial charge in [0.15, 0.2) is 0 Å². The first-order valence-corrected chi connectivity index (χ1v) is 7.81. The molecule has 0 atom stereocenters. The monoisotopic (exact) mass is 534 g/mol. The molecule has 0 saturated carbocycles. The van der Waals surface area contributed by atoms with E-state index >= 15 is 0 Å². The van der Waals surface area contributed by atoms with Gasteiger partial charge in [0.05, 0.1) is 12.1 Å². The van der Waals surface area contributed by atoms with Crippen LogP contribution in [0.4, 0.5) is 13.2 Å². The van der Waals surface area contributed by atoms with Crippen LogP contribution >= 0.6 is 23.6 Å². The largest absolute Gasteiger partial charge is 0.416 e. The standard InChI is InChI=1S/C8H6Cl2F3N.C5H8N2.Pt/c9-14(10)5-6-1-3-7(4-2-6)8(11,12)13;1-6-3-4-7(2)5-6;/h1-4H,5H2;3-4H,1-2H3;. The van der Waals surface area contributed by atoms with Gasteiger partial charge < -0.3 is 0 Å². The molecular formula is C13H14Cl2F3N3Pt. The molecule has 0 aliphatic heterocycles. The van der Waals surface area contributed by atoms with Crippen molar-refractivity contribution in [3.8, 4) is 0 Å². The molecule has 0 amide bonds. The Morgan fingerprint density at radius 1 is 1.05 bits per heavy atom. The third-order valence-corrected chi connectivity index (χ3v) is 4.48. The van der Waals surface area contributed by atoms with Gasteiger partial charge in [-0.05, 0) is 41.2 Å². The zero-order valence-electron chi connectivity index (χ0n) is 11.7. The van der Waals surface area contributed by atoms with Gasteiger partial charge in [0.25, 0.3) is 0 Å². The van der Waals surface area contributed by atoms with Gasteiger partial charge >= 0.3 is 65.0 Å². The average molecular weight is 535 g/mol. The molecular weight excluding hydrogens is 521 g/mol. The molecule has 9 heteroatoms. The van der Waals surface area contributed by atoms with Crippen molar-refractivity contribution in [3.05, 3.63) is 51.6 Å². The van der Waals surface area contributed by atoms with E-state index in [9.17, 15) is 13.2 Å². The van der Waals surface area contributed by atoms with Crippen LogP contribution in [0.15, 0.2) is 36.7 Å². The molecule has 2 aromatic rings. The number of alkyl halides is 3. The van der Waals surface area contributed by atoms with E-state index in [1.807, 2.05) is 26.5 Å². The van der Waals surface area contributed by atoms with Crippen LogP contribution in [0.25, 0.3) is 0 Å². The van der Waals surface area contributed by atoms with Gasteiger partial charge in [-0.25, -0.2) is 0 Å². The number of benzene rings is 1. The predicted molar refractivity (Wildman–Crippen MR) is 76.3 cm³/mol. The van der Waals surface area contributed by atoms with Crippen molar-refractivity contribution in [3.63, 3.8) is 0 Å². The first-order chi connectivity index (χ1) is 10.1. The van der Waals surface area contributed by atoms with Crippen LogP contribution in [-0.4, -0.2) is 13.1 Å². The maximum atomic E-state index is 12.1. The summed E-state index contributed by atoms with van der Waals surface area (Å²) in [4.78, 5) is 0. The molecule has 0 aliphatic rings. The fourth-order valence-electron chi connectivity index (χ4n) is 1.50. The normalized spacial score (nSPS) is 11.4. The number of aromatic nitrogens is 2. The first-order valence-electron chi connectivity index (χ1n) is 6.00. The van der Waals surface area contributed by atoms with E-state index in [0.717, 1.165) is 16.1 Å². The van der Waals surface area contributed by atoms with Crippen LogP contribution in [0.3, 0.4) is 0 Å². The number of halogens is 5. The minimum Gasteiger partial charge on any atom is -0.166 e. The maximum Gasteiger partial charge on any atom is 0.416 e. The first kappa shape index (κ1) is 19.5. The van der Waals surface area contributed by atoms with Crippen molar-refractivity contribution in [2.75, 3.05) is 0 Å². The summed E-state index contributed by atoms with van der Waals surface area (Å²) in [5, 5.41) is 0. The molecule has 0 bridgehead atoms. The molecule has 3 nitrogen and oxygen atoms in total. The summed E-state index contributed by atoms with van der Waals surface area (Å²) in [5.41, 5.74) is -0.0695. The molecule has 2 rings (SSSR count). The van der Waals surface area contributed by atoms with Crippen LogP contribution in [0.5, 0.6) is 0 Å². The van der Waals surface area contributed by atoms with Crippen LogP contribution in [0, 0.1) is 3.80 Å². The molecule has 1 heterocycles. The van der Waals surface area contributed by atoms with E-state index in [0.29, 0.717) is 5.56 Å². The summed E-state index contributed by atoms with van der Waals surface area (Å²) < 4.78 is 42.6. The minimum absolute atomic E-state index is 0.182. The van der Waals surface area contributed by atoms with Crippen molar-refractivity contribution in [2.24, 2.45) is 14.1 Å². The predicted octanol–water partition coefficient (Wildman–Crippen LogP) is 4.26. The molecule has 0 fully saturated rings. The Morgan fingerprint density at radius 2 is 1.50 bits per heavy atom. The van der Waals surface area contributed by atoms with E-state index in [1.54, 1.807) is 0 Å². The molecule has 0 saturated heterocycles.